The van der Waals surface area contributed by atoms with Gasteiger partial charge in [-0.1, -0.05) is 23.2 Å². The molecular formula is C13H16Cl2N6O2S. The smallest absolute Gasteiger partial charge is 0.301 e. The number of nitrogens with one attached hydrogen (secondary N) is 3. The van der Waals surface area contributed by atoms with Crippen molar-refractivity contribution in [3.8, 4) is 0 Å². The Kier molecular flexibility index (Phi) is 5.70. The van der Waals surface area contributed by atoms with Crippen LogP contribution in [-0.4, -0.2) is 43.8 Å². The summed E-state index contributed by atoms with van der Waals surface area (Å²) in [7, 11) is 0.807. The molecular weight excluding hydrogens is 375 g/mol. The van der Waals surface area contributed by atoms with E-state index in [-0.39, 0.29) is 11.6 Å². The Morgan fingerprint density at radius 1 is 1.17 bits per heavy atom. The molecule has 2 aromatic rings. The van der Waals surface area contributed by atoms with Crippen LogP contribution in [0.1, 0.15) is 0 Å². The molecule has 0 spiro atoms. The number of hydrogen-bond donors (Lipinski definition) is 3. The van der Waals surface area contributed by atoms with Crippen LogP contribution in [0.5, 0.6) is 0 Å². The van der Waals surface area contributed by atoms with Gasteiger partial charge in [0.15, 0.2) is 5.82 Å². The summed E-state index contributed by atoms with van der Waals surface area (Å²) in [5.41, 5.74) is 0.874. The van der Waals surface area contributed by atoms with Crippen molar-refractivity contribution in [1.29, 1.82) is 0 Å². The SMILES string of the molecule is CNc1nc(Nc2ccc(Cl)c(Cl)c2)ncc1NS(=O)(=O)N(C)C. The van der Waals surface area contributed by atoms with Crippen molar-refractivity contribution in [2.45, 2.75) is 0 Å². The molecule has 24 heavy (non-hydrogen) atoms. The van der Waals surface area contributed by atoms with Crippen LogP contribution >= 0.6 is 23.2 Å². The van der Waals surface area contributed by atoms with Gasteiger partial charge in [-0.2, -0.15) is 17.7 Å². The zero-order chi connectivity index (χ0) is 17.9. The fourth-order valence-electron chi connectivity index (χ4n) is 1.64. The molecule has 0 aliphatic heterocycles. The summed E-state index contributed by atoms with van der Waals surface area (Å²) < 4.78 is 27.2. The van der Waals surface area contributed by atoms with Gasteiger partial charge in [0.05, 0.1) is 16.2 Å². The molecule has 0 amide bonds. The lowest BCUT2D eigenvalue weighted by atomic mass is 10.3. The standard InChI is InChI=1S/C13H16Cl2N6O2S/c1-16-12-11(20-24(22,23)21(2)3)7-17-13(19-12)18-8-4-5-9(14)10(15)6-8/h4-7,20H,1-3H3,(H2,16,17,18,19). The van der Waals surface area contributed by atoms with Gasteiger partial charge in [0.1, 0.15) is 5.69 Å². The van der Waals surface area contributed by atoms with E-state index in [2.05, 4.69) is 25.3 Å². The Bertz CT molecular complexity index is 844. The quantitative estimate of drug-likeness (QED) is 0.701. The van der Waals surface area contributed by atoms with E-state index in [1.165, 1.54) is 20.3 Å². The first-order chi connectivity index (χ1) is 11.2. The molecule has 0 aliphatic rings. The Hall–Kier alpha value is -1.81. The van der Waals surface area contributed by atoms with E-state index < -0.39 is 10.2 Å². The number of hydrogen-bond acceptors (Lipinski definition) is 6. The highest BCUT2D eigenvalue weighted by molar-refractivity contribution is 7.90. The molecule has 0 radical (unpaired) electrons. The lowest BCUT2D eigenvalue weighted by Gasteiger charge is -2.16. The monoisotopic (exact) mass is 390 g/mol. The summed E-state index contributed by atoms with van der Waals surface area (Å²) in [4.78, 5) is 8.32. The van der Waals surface area contributed by atoms with Gasteiger partial charge in [0, 0.05) is 26.8 Å². The van der Waals surface area contributed by atoms with Crippen molar-refractivity contribution in [1.82, 2.24) is 14.3 Å². The molecule has 2 rings (SSSR count). The number of aromatic nitrogens is 2. The maximum atomic E-state index is 11.9. The average Bonchev–Trinajstić information content (AvgIpc) is 2.52. The molecule has 11 heteroatoms. The van der Waals surface area contributed by atoms with E-state index in [1.807, 2.05) is 0 Å². The maximum Gasteiger partial charge on any atom is 0.301 e. The minimum atomic E-state index is -3.66. The second-order valence-corrected chi connectivity index (χ2v) is 7.55. The summed E-state index contributed by atoms with van der Waals surface area (Å²) in [6.07, 6.45) is 1.36. The van der Waals surface area contributed by atoms with Crippen LogP contribution in [0.3, 0.4) is 0 Å². The second kappa shape index (κ2) is 7.39. The lowest BCUT2D eigenvalue weighted by molar-refractivity contribution is 0.527. The highest BCUT2D eigenvalue weighted by Crippen LogP contribution is 2.27. The summed E-state index contributed by atoms with van der Waals surface area (Å²) >= 11 is 11.8. The Morgan fingerprint density at radius 3 is 2.46 bits per heavy atom. The number of rotatable bonds is 6. The molecule has 8 nitrogen and oxygen atoms in total. The Balaban J connectivity index is 2.26. The topological polar surface area (TPSA) is 99.2 Å². The number of benzene rings is 1. The van der Waals surface area contributed by atoms with Crippen LogP contribution in [0.15, 0.2) is 24.4 Å². The van der Waals surface area contributed by atoms with Gasteiger partial charge >= 0.3 is 10.2 Å². The van der Waals surface area contributed by atoms with Crippen molar-refractivity contribution in [3.63, 3.8) is 0 Å². The molecule has 0 saturated carbocycles. The van der Waals surface area contributed by atoms with Gasteiger partial charge in [-0.15, -0.1) is 0 Å². The molecule has 0 aliphatic carbocycles. The highest BCUT2D eigenvalue weighted by atomic mass is 35.5. The van der Waals surface area contributed by atoms with Crippen molar-refractivity contribution in [2.75, 3.05) is 36.5 Å². The predicted octanol–water partition coefficient (Wildman–Crippen LogP) is 2.79. The predicted molar refractivity (Wildman–Crippen MR) is 97.6 cm³/mol. The van der Waals surface area contributed by atoms with E-state index in [0.717, 1.165) is 4.31 Å². The summed E-state index contributed by atoms with van der Waals surface area (Å²) in [6.45, 7) is 0. The van der Waals surface area contributed by atoms with E-state index in [9.17, 15) is 8.42 Å². The van der Waals surface area contributed by atoms with Crippen molar-refractivity contribution < 1.29 is 8.42 Å². The fourth-order valence-corrected chi connectivity index (χ4v) is 2.55. The molecule has 0 unspecified atom stereocenters. The first-order valence-corrected chi connectivity index (χ1v) is 8.89. The van der Waals surface area contributed by atoms with E-state index in [1.54, 1.807) is 25.2 Å². The van der Waals surface area contributed by atoms with Crippen LogP contribution in [0.25, 0.3) is 0 Å². The second-order valence-electron chi connectivity index (χ2n) is 4.85. The first-order valence-electron chi connectivity index (χ1n) is 6.70. The number of nitrogens with zero attached hydrogens (tertiary/aromatic N) is 3. The summed E-state index contributed by atoms with van der Waals surface area (Å²) in [5, 5.41) is 6.62. The highest BCUT2D eigenvalue weighted by Gasteiger charge is 2.16. The maximum absolute atomic E-state index is 11.9. The van der Waals surface area contributed by atoms with Gasteiger partial charge in [-0.3, -0.25) is 4.72 Å². The van der Waals surface area contributed by atoms with Crippen LogP contribution in [-0.2, 0) is 10.2 Å². The summed E-state index contributed by atoms with van der Waals surface area (Å²) in [5.74, 6) is 0.587. The average molecular weight is 391 g/mol. The lowest BCUT2D eigenvalue weighted by Crippen LogP contribution is -2.29. The molecule has 0 atom stereocenters. The van der Waals surface area contributed by atoms with E-state index in [4.69, 9.17) is 23.2 Å². The van der Waals surface area contributed by atoms with E-state index in [0.29, 0.717) is 21.6 Å². The van der Waals surface area contributed by atoms with Gasteiger partial charge in [0.25, 0.3) is 0 Å². The third-order valence-electron chi connectivity index (χ3n) is 2.92. The van der Waals surface area contributed by atoms with Gasteiger partial charge in [-0.05, 0) is 18.2 Å². The van der Waals surface area contributed by atoms with Crippen molar-refractivity contribution >= 4 is 56.6 Å². The van der Waals surface area contributed by atoms with Gasteiger partial charge in [0.2, 0.25) is 5.95 Å². The molecule has 1 aromatic heterocycles. The third-order valence-corrected chi connectivity index (χ3v) is 5.10. The minimum Gasteiger partial charge on any atom is -0.371 e. The van der Waals surface area contributed by atoms with Gasteiger partial charge in [-0.25, -0.2) is 4.98 Å². The van der Waals surface area contributed by atoms with Crippen LogP contribution in [0.2, 0.25) is 10.0 Å². The Labute approximate surface area is 150 Å². The molecule has 0 bridgehead atoms. The molecule has 0 fully saturated rings. The van der Waals surface area contributed by atoms with Crippen LogP contribution < -0.4 is 15.4 Å². The molecule has 1 heterocycles. The minimum absolute atomic E-state index is 0.228. The third kappa shape index (κ3) is 4.38. The van der Waals surface area contributed by atoms with Crippen molar-refractivity contribution in [3.05, 3.63) is 34.4 Å². The molecule has 0 saturated heterocycles. The van der Waals surface area contributed by atoms with Crippen molar-refractivity contribution in [2.24, 2.45) is 0 Å². The van der Waals surface area contributed by atoms with Gasteiger partial charge < -0.3 is 10.6 Å². The number of halogens is 2. The summed E-state index contributed by atoms with van der Waals surface area (Å²) in [6, 6.07) is 5.00. The first kappa shape index (κ1) is 18.5. The zero-order valence-electron chi connectivity index (χ0n) is 13.1. The molecule has 3 N–H and O–H groups in total. The Morgan fingerprint density at radius 2 is 1.88 bits per heavy atom. The number of anilines is 4. The van der Waals surface area contributed by atoms with E-state index >= 15 is 0 Å². The zero-order valence-corrected chi connectivity index (χ0v) is 15.5. The van der Waals surface area contributed by atoms with Crippen LogP contribution in [0.4, 0.5) is 23.1 Å². The fraction of sp³-hybridized carbons (Fsp3) is 0.231. The normalized spacial score (nSPS) is 11.4. The molecule has 1 aromatic carbocycles. The van der Waals surface area contributed by atoms with Crippen LogP contribution in [0, 0.1) is 0 Å². The molecule has 130 valence electrons. The largest absolute Gasteiger partial charge is 0.371 e.